The zero-order chi connectivity index (χ0) is 18.1. The smallest absolute Gasteiger partial charge is 0.244 e. The largest absolute Gasteiger partial charge is 0.492 e. The van der Waals surface area contributed by atoms with Gasteiger partial charge in [-0.3, -0.25) is 0 Å². The number of hydrogen-bond donors (Lipinski definition) is 1. The Balaban J connectivity index is 1.81. The molecule has 0 radical (unpaired) electrons. The molecule has 1 fully saturated rings. The van der Waals surface area contributed by atoms with Crippen LogP contribution in [0.1, 0.15) is 30.9 Å². The van der Waals surface area contributed by atoms with E-state index in [1.54, 1.807) is 24.3 Å². The lowest BCUT2D eigenvalue weighted by Crippen LogP contribution is -2.32. The molecule has 3 rings (SSSR count). The Bertz CT molecular complexity index is 859. The lowest BCUT2D eigenvalue weighted by Gasteiger charge is -2.18. The van der Waals surface area contributed by atoms with Crippen molar-refractivity contribution in [3.05, 3.63) is 59.4 Å². The first-order chi connectivity index (χ1) is 11.9. The lowest BCUT2D eigenvalue weighted by molar-refractivity contribution is 0.331. The van der Waals surface area contributed by atoms with Crippen LogP contribution in [0.3, 0.4) is 0 Å². The number of benzene rings is 2. The fourth-order valence-electron chi connectivity index (χ4n) is 2.93. The van der Waals surface area contributed by atoms with Crippen molar-refractivity contribution in [1.82, 2.24) is 4.72 Å². The van der Waals surface area contributed by atoms with Gasteiger partial charge in [0.05, 0.1) is 6.61 Å². The average molecular weight is 363 g/mol. The average Bonchev–Trinajstić information content (AvgIpc) is 3.37. The number of halogens is 1. The summed E-state index contributed by atoms with van der Waals surface area (Å²) in [5.74, 6) is 0.0634. The summed E-state index contributed by atoms with van der Waals surface area (Å²) in [4.78, 5) is 0.157. The molecule has 2 aromatic carbocycles. The first-order valence-corrected chi connectivity index (χ1v) is 9.84. The van der Waals surface area contributed by atoms with E-state index >= 15 is 0 Å². The molecule has 134 valence electrons. The van der Waals surface area contributed by atoms with Gasteiger partial charge in [-0.1, -0.05) is 18.2 Å². The molecule has 1 saturated carbocycles. The fraction of sp³-hybridized carbons (Fsp3) is 0.368. The van der Waals surface area contributed by atoms with Crippen LogP contribution in [0.4, 0.5) is 4.39 Å². The number of hydrogen-bond acceptors (Lipinski definition) is 3. The molecule has 6 heteroatoms. The van der Waals surface area contributed by atoms with E-state index in [2.05, 4.69) is 4.72 Å². The van der Waals surface area contributed by atoms with Crippen LogP contribution in [0.5, 0.6) is 5.75 Å². The van der Waals surface area contributed by atoms with E-state index in [1.165, 1.54) is 12.1 Å². The summed E-state index contributed by atoms with van der Waals surface area (Å²) in [6.07, 6.45) is 1.76. The minimum atomic E-state index is -3.69. The molecular formula is C19H22FNO3S. The van der Waals surface area contributed by atoms with Crippen LogP contribution in [0.15, 0.2) is 47.4 Å². The Morgan fingerprint density at radius 1 is 1.16 bits per heavy atom. The highest BCUT2D eigenvalue weighted by molar-refractivity contribution is 7.89. The van der Waals surface area contributed by atoms with E-state index in [0.29, 0.717) is 18.9 Å². The van der Waals surface area contributed by atoms with E-state index in [4.69, 9.17) is 4.74 Å². The van der Waals surface area contributed by atoms with Gasteiger partial charge in [-0.15, -0.1) is 0 Å². The first-order valence-electron chi connectivity index (χ1n) is 8.35. The summed E-state index contributed by atoms with van der Waals surface area (Å²) in [5, 5.41) is 0. The van der Waals surface area contributed by atoms with E-state index in [0.717, 1.165) is 24.0 Å². The summed E-state index contributed by atoms with van der Waals surface area (Å²) in [6, 6.07) is 11.4. The maximum atomic E-state index is 13.1. The second-order valence-corrected chi connectivity index (χ2v) is 8.23. The molecule has 0 spiro atoms. The SMILES string of the molecule is CCOc1ccc(C)cc1S(=O)(=O)NCC1(c2ccc(F)cc2)CC1. The van der Waals surface area contributed by atoms with Gasteiger partial charge < -0.3 is 4.74 Å². The predicted molar refractivity (Wildman–Crippen MR) is 94.8 cm³/mol. The van der Waals surface area contributed by atoms with Gasteiger partial charge in [0.1, 0.15) is 16.5 Å². The quantitative estimate of drug-likeness (QED) is 0.819. The predicted octanol–water partition coefficient (Wildman–Crippen LogP) is 3.54. The number of sulfonamides is 1. The normalized spacial score (nSPS) is 15.8. The van der Waals surface area contributed by atoms with Gasteiger partial charge in [0, 0.05) is 12.0 Å². The minimum absolute atomic E-state index is 0.157. The zero-order valence-electron chi connectivity index (χ0n) is 14.4. The van der Waals surface area contributed by atoms with Crippen molar-refractivity contribution < 1.29 is 17.5 Å². The van der Waals surface area contributed by atoms with Crippen LogP contribution in [-0.2, 0) is 15.4 Å². The maximum absolute atomic E-state index is 13.1. The Labute approximate surface area is 148 Å². The van der Waals surface area contributed by atoms with Crippen molar-refractivity contribution >= 4 is 10.0 Å². The van der Waals surface area contributed by atoms with E-state index in [1.807, 2.05) is 19.9 Å². The molecule has 0 saturated heterocycles. The number of rotatable bonds is 7. The van der Waals surface area contributed by atoms with Gasteiger partial charge in [0.25, 0.3) is 0 Å². The van der Waals surface area contributed by atoms with E-state index < -0.39 is 10.0 Å². The monoisotopic (exact) mass is 363 g/mol. The van der Waals surface area contributed by atoms with Gasteiger partial charge in [0.2, 0.25) is 10.0 Å². The van der Waals surface area contributed by atoms with Gasteiger partial charge in [-0.05, 0) is 62.1 Å². The molecular weight excluding hydrogens is 341 g/mol. The highest BCUT2D eigenvalue weighted by Crippen LogP contribution is 2.47. The highest BCUT2D eigenvalue weighted by atomic mass is 32.2. The molecule has 1 N–H and O–H groups in total. The van der Waals surface area contributed by atoms with Crippen molar-refractivity contribution in [2.24, 2.45) is 0 Å². The van der Waals surface area contributed by atoms with Crippen molar-refractivity contribution in [3.63, 3.8) is 0 Å². The molecule has 2 aromatic rings. The van der Waals surface area contributed by atoms with Crippen LogP contribution < -0.4 is 9.46 Å². The third-order valence-corrected chi connectivity index (χ3v) is 6.02. The summed E-state index contributed by atoms with van der Waals surface area (Å²) >= 11 is 0. The van der Waals surface area contributed by atoms with Crippen LogP contribution >= 0.6 is 0 Å². The van der Waals surface area contributed by atoms with Crippen molar-refractivity contribution in [1.29, 1.82) is 0 Å². The Hall–Kier alpha value is -1.92. The summed E-state index contributed by atoms with van der Waals surface area (Å²) in [6.45, 7) is 4.35. The van der Waals surface area contributed by atoms with Crippen LogP contribution in [0, 0.1) is 12.7 Å². The van der Waals surface area contributed by atoms with Gasteiger partial charge in [0.15, 0.2) is 0 Å². The number of ether oxygens (including phenoxy) is 1. The van der Waals surface area contributed by atoms with Crippen LogP contribution in [0.25, 0.3) is 0 Å². The summed E-state index contributed by atoms with van der Waals surface area (Å²) < 4.78 is 46.9. The second kappa shape index (κ2) is 6.77. The van der Waals surface area contributed by atoms with Crippen molar-refractivity contribution in [2.45, 2.75) is 37.0 Å². The molecule has 0 amide bonds. The lowest BCUT2D eigenvalue weighted by atomic mass is 9.96. The molecule has 25 heavy (non-hydrogen) atoms. The molecule has 1 aliphatic carbocycles. The molecule has 0 atom stereocenters. The molecule has 4 nitrogen and oxygen atoms in total. The second-order valence-electron chi connectivity index (χ2n) is 6.49. The maximum Gasteiger partial charge on any atom is 0.244 e. The summed E-state index contributed by atoms with van der Waals surface area (Å²) in [5.41, 5.74) is 1.57. The standard InChI is InChI=1S/C19H22FNO3S/c1-3-24-17-9-4-14(2)12-18(17)25(22,23)21-13-19(10-11-19)15-5-7-16(20)8-6-15/h4-9,12,21H,3,10-11,13H2,1-2H3. The third kappa shape index (κ3) is 3.85. The highest BCUT2D eigenvalue weighted by Gasteiger charge is 2.45. The third-order valence-electron chi connectivity index (χ3n) is 4.60. The van der Waals surface area contributed by atoms with E-state index in [-0.39, 0.29) is 16.1 Å². The molecule has 0 unspecified atom stereocenters. The van der Waals surface area contributed by atoms with Crippen molar-refractivity contribution in [3.8, 4) is 5.75 Å². The summed E-state index contributed by atoms with van der Waals surface area (Å²) in [7, 11) is -3.69. The first kappa shape index (κ1) is 17.9. The van der Waals surface area contributed by atoms with E-state index in [9.17, 15) is 12.8 Å². The number of nitrogens with one attached hydrogen (secondary N) is 1. The van der Waals surface area contributed by atoms with Crippen LogP contribution in [-0.4, -0.2) is 21.6 Å². The molecule has 0 aliphatic heterocycles. The minimum Gasteiger partial charge on any atom is -0.492 e. The molecule has 0 heterocycles. The van der Waals surface area contributed by atoms with Gasteiger partial charge >= 0.3 is 0 Å². The van der Waals surface area contributed by atoms with Crippen molar-refractivity contribution in [2.75, 3.05) is 13.2 Å². The zero-order valence-corrected chi connectivity index (χ0v) is 15.2. The van der Waals surface area contributed by atoms with Gasteiger partial charge in [-0.2, -0.15) is 0 Å². The topological polar surface area (TPSA) is 55.4 Å². The Morgan fingerprint density at radius 3 is 2.44 bits per heavy atom. The fourth-order valence-corrected chi connectivity index (χ4v) is 4.29. The van der Waals surface area contributed by atoms with Gasteiger partial charge in [-0.25, -0.2) is 17.5 Å². The molecule has 1 aliphatic rings. The Morgan fingerprint density at radius 2 is 1.84 bits per heavy atom. The Kier molecular flexibility index (Phi) is 4.84. The molecule has 0 bridgehead atoms. The van der Waals surface area contributed by atoms with Crippen LogP contribution in [0.2, 0.25) is 0 Å². The number of aryl methyl sites for hydroxylation is 1. The molecule has 0 aromatic heterocycles.